The van der Waals surface area contributed by atoms with E-state index in [4.69, 9.17) is 0 Å². The van der Waals surface area contributed by atoms with E-state index in [1.54, 1.807) is 14.1 Å². The van der Waals surface area contributed by atoms with Crippen molar-refractivity contribution < 1.29 is 8.78 Å². The van der Waals surface area contributed by atoms with Gasteiger partial charge in [0.05, 0.1) is 11.7 Å². The monoisotopic (exact) mass is 316 g/mol. The minimum atomic E-state index is -0.876. The highest BCUT2D eigenvalue weighted by atomic mass is 79.9. The fourth-order valence-electron chi connectivity index (χ4n) is 1.83. The lowest BCUT2D eigenvalue weighted by molar-refractivity contribution is 0.481. The number of rotatable bonds is 3. The summed E-state index contributed by atoms with van der Waals surface area (Å²) in [5, 5.41) is 10.6. The number of nitrogens with one attached hydrogen (secondary N) is 1. The summed E-state index contributed by atoms with van der Waals surface area (Å²) in [5.74, 6) is -1.75. The van der Waals surface area contributed by atoms with Gasteiger partial charge in [0, 0.05) is 12.6 Å². The summed E-state index contributed by atoms with van der Waals surface area (Å²) in [4.78, 5) is 0. The van der Waals surface area contributed by atoms with Gasteiger partial charge in [0.25, 0.3) is 0 Å². The van der Waals surface area contributed by atoms with Crippen LogP contribution in [0.15, 0.2) is 22.8 Å². The Kier molecular flexibility index (Phi) is 3.72. The van der Waals surface area contributed by atoms with Crippen molar-refractivity contribution in [1.82, 2.24) is 20.3 Å². The summed E-state index contributed by atoms with van der Waals surface area (Å²) < 4.78 is 29.1. The Morgan fingerprint density at radius 2 is 2.11 bits per heavy atom. The molecule has 0 saturated carbocycles. The first-order valence-electron chi connectivity index (χ1n) is 5.22. The van der Waals surface area contributed by atoms with Crippen molar-refractivity contribution in [3.63, 3.8) is 0 Å². The lowest BCUT2D eigenvalue weighted by Gasteiger charge is -2.17. The van der Waals surface area contributed by atoms with E-state index in [2.05, 4.69) is 31.6 Å². The SMILES string of the molecule is CNC(c1cccc(F)c1F)c1c(Br)nnn1C. The van der Waals surface area contributed by atoms with Gasteiger partial charge in [-0.05, 0) is 29.0 Å². The van der Waals surface area contributed by atoms with Crippen LogP contribution in [0.4, 0.5) is 8.78 Å². The van der Waals surface area contributed by atoms with Crippen LogP contribution in [0, 0.1) is 11.6 Å². The van der Waals surface area contributed by atoms with Crippen LogP contribution >= 0.6 is 15.9 Å². The fraction of sp³-hybridized carbons (Fsp3) is 0.273. The predicted octanol–water partition coefficient (Wildman–Crippen LogP) is 2.16. The minimum absolute atomic E-state index is 0.212. The van der Waals surface area contributed by atoms with E-state index in [0.29, 0.717) is 10.3 Å². The Morgan fingerprint density at radius 1 is 1.39 bits per heavy atom. The highest BCUT2D eigenvalue weighted by Crippen LogP contribution is 2.28. The maximum atomic E-state index is 13.8. The number of halogens is 3. The summed E-state index contributed by atoms with van der Waals surface area (Å²) in [6.45, 7) is 0. The van der Waals surface area contributed by atoms with Gasteiger partial charge < -0.3 is 5.32 Å². The summed E-state index contributed by atoms with van der Waals surface area (Å²) >= 11 is 3.25. The van der Waals surface area contributed by atoms with Gasteiger partial charge in [-0.1, -0.05) is 17.3 Å². The van der Waals surface area contributed by atoms with Gasteiger partial charge in [0.2, 0.25) is 0 Å². The molecule has 1 heterocycles. The Bertz CT molecular complexity index is 551. The summed E-state index contributed by atoms with van der Waals surface area (Å²) in [7, 11) is 3.35. The molecule has 96 valence electrons. The van der Waals surface area contributed by atoms with E-state index in [0.717, 1.165) is 6.07 Å². The molecule has 1 N–H and O–H groups in total. The summed E-state index contributed by atoms with van der Waals surface area (Å²) in [6.07, 6.45) is 0. The number of nitrogens with zero attached hydrogens (tertiary/aromatic N) is 3. The molecule has 4 nitrogen and oxygen atoms in total. The van der Waals surface area contributed by atoms with Crippen LogP contribution in [-0.2, 0) is 7.05 Å². The fourth-order valence-corrected chi connectivity index (χ4v) is 2.38. The first kappa shape index (κ1) is 13.1. The maximum absolute atomic E-state index is 13.8. The molecule has 2 aromatic rings. The van der Waals surface area contributed by atoms with Crippen molar-refractivity contribution in [2.24, 2.45) is 7.05 Å². The lowest BCUT2D eigenvalue weighted by Crippen LogP contribution is -2.22. The van der Waals surface area contributed by atoms with Crippen molar-refractivity contribution in [2.45, 2.75) is 6.04 Å². The smallest absolute Gasteiger partial charge is 0.163 e. The molecule has 0 aliphatic heterocycles. The molecule has 1 unspecified atom stereocenters. The first-order chi connectivity index (χ1) is 8.56. The Hall–Kier alpha value is -1.34. The van der Waals surface area contributed by atoms with Crippen molar-refractivity contribution in [3.05, 3.63) is 45.7 Å². The second-order valence-corrected chi connectivity index (χ2v) is 4.50. The van der Waals surface area contributed by atoms with Crippen molar-refractivity contribution in [1.29, 1.82) is 0 Å². The molecule has 1 aromatic carbocycles. The number of aromatic nitrogens is 3. The van der Waals surface area contributed by atoms with E-state index in [-0.39, 0.29) is 5.56 Å². The summed E-state index contributed by atoms with van der Waals surface area (Å²) in [6, 6.07) is 3.55. The minimum Gasteiger partial charge on any atom is -0.308 e. The van der Waals surface area contributed by atoms with Crippen LogP contribution < -0.4 is 5.32 Å². The van der Waals surface area contributed by atoms with Crippen molar-refractivity contribution in [3.8, 4) is 0 Å². The molecule has 1 aromatic heterocycles. The third-order valence-corrected chi connectivity index (χ3v) is 3.25. The molecular weight excluding hydrogens is 306 g/mol. The molecule has 0 aliphatic carbocycles. The van der Waals surface area contributed by atoms with Gasteiger partial charge in [-0.15, -0.1) is 5.10 Å². The molecule has 1 atom stereocenters. The maximum Gasteiger partial charge on any atom is 0.163 e. The van der Waals surface area contributed by atoms with Gasteiger partial charge >= 0.3 is 0 Å². The van der Waals surface area contributed by atoms with Crippen molar-refractivity contribution in [2.75, 3.05) is 7.05 Å². The molecule has 7 heteroatoms. The molecule has 0 bridgehead atoms. The van der Waals surface area contributed by atoms with Crippen LogP contribution in [0.2, 0.25) is 0 Å². The highest BCUT2D eigenvalue weighted by Gasteiger charge is 2.24. The topological polar surface area (TPSA) is 42.7 Å². The highest BCUT2D eigenvalue weighted by molar-refractivity contribution is 9.10. The quantitative estimate of drug-likeness (QED) is 0.943. The van der Waals surface area contributed by atoms with Crippen molar-refractivity contribution >= 4 is 15.9 Å². The van der Waals surface area contributed by atoms with Crippen LogP contribution in [0.3, 0.4) is 0 Å². The van der Waals surface area contributed by atoms with Crippen LogP contribution in [0.1, 0.15) is 17.3 Å². The molecule has 0 amide bonds. The van der Waals surface area contributed by atoms with E-state index in [9.17, 15) is 8.78 Å². The average molecular weight is 317 g/mol. The number of aryl methyl sites for hydroxylation is 1. The predicted molar refractivity (Wildman–Crippen MR) is 66.0 cm³/mol. The third-order valence-electron chi connectivity index (χ3n) is 2.68. The second kappa shape index (κ2) is 5.11. The zero-order valence-corrected chi connectivity index (χ0v) is 11.4. The lowest BCUT2D eigenvalue weighted by atomic mass is 10.0. The molecule has 0 saturated heterocycles. The molecule has 0 aliphatic rings. The van der Waals surface area contributed by atoms with Crippen LogP contribution in [0.25, 0.3) is 0 Å². The number of hydrogen-bond donors (Lipinski definition) is 1. The number of benzene rings is 1. The molecule has 18 heavy (non-hydrogen) atoms. The second-order valence-electron chi connectivity index (χ2n) is 3.75. The first-order valence-corrected chi connectivity index (χ1v) is 6.01. The molecular formula is C11H11BrF2N4. The standard InChI is InChI=1S/C11H11BrF2N4/c1-15-9(10-11(12)16-17-18(10)2)6-4-3-5-7(13)8(6)14/h3-5,9,15H,1-2H3. The zero-order chi connectivity index (χ0) is 13.3. The molecule has 0 spiro atoms. The summed E-state index contributed by atoms with van der Waals surface area (Å²) in [5.41, 5.74) is 0.839. The van der Waals surface area contributed by atoms with E-state index >= 15 is 0 Å². The van der Waals surface area contributed by atoms with Crippen LogP contribution in [-0.4, -0.2) is 22.0 Å². The van der Waals surface area contributed by atoms with Gasteiger partial charge in [-0.3, -0.25) is 0 Å². The molecule has 0 radical (unpaired) electrons. The van der Waals surface area contributed by atoms with E-state index in [1.807, 2.05) is 0 Å². The molecule has 0 fully saturated rings. The van der Waals surface area contributed by atoms with Gasteiger partial charge in [0.15, 0.2) is 16.2 Å². The van der Waals surface area contributed by atoms with Gasteiger partial charge in [-0.2, -0.15) is 0 Å². The Morgan fingerprint density at radius 3 is 2.67 bits per heavy atom. The number of hydrogen-bond acceptors (Lipinski definition) is 3. The Labute approximate surface area is 111 Å². The normalized spacial score (nSPS) is 12.7. The Balaban J connectivity index is 2.56. The largest absolute Gasteiger partial charge is 0.308 e. The molecule has 2 rings (SSSR count). The zero-order valence-electron chi connectivity index (χ0n) is 9.78. The van der Waals surface area contributed by atoms with E-state index < -0.39 is 17.7 Å². The average Bonchev–Trinajstić information content (AvgIpc) is 2.67. The van der Waals surface area contributed by atoms with Gasteiger partial charge in [0.1, 0.15) is 0 Å². The van der Waals surface area contributed by atoms with E-state index in [1.165, 1.54) is 16.8 Å². The van der Waals surface area contributed by atoms with Crippen LogP contribution in [0.5, 0.6) is 0 Å². The van der Waals surface area contributed by atoms with Gasteiger partial charge in [-0.25, -0.2) is 13.5 Å². The third kappa shape index (κ3) is 2.15.